The van der Waals surface area contributed by atoms with E-state index in [0.29, 0.717) is 11.2 Å². The molecule has 0 fully saturated rings. The molecule has 5 N–H and O–H groups in total. The van der Waals surface area contributed by atoms with Crippen molar-refractivity contribution in [1.29, 1.82) is 0 Å². The lowest BCUT2D eigenvalue weighted by Crippen LogP contribution is -2.44. The number of fused-ring (bicyclic) bond motifs is 1. The lowest BCUT2D eigenvalue weighted by atomic mass is 9.98. The van der Waals surface area contributed by atoms with Gasteiger partial charge in [0, 0.05) is 11.8 Å². The van der Waals surface area contributed by atoms with Crippen LogP contribution in [0, 0.1) is 18.6 Å². The average Bonchev–Trinajstić information content (AvgIpc) is 3.17. The topological polar surface area (TPSA) is 111 Å². The van der Waals surface area contributed by atoms with Crippen molar-refractivity contribution in [3.8, 4) is 11.1 Å². The van der Waals surface area contributed by atoms with Gasteiger partial charge in [-0.15, -0.1) is 5.10 Å². The molecule has 4 rings (SSSR count). The molecule has 0 aliphatic rings. The summed E-state index contributed by atoms with van der Waals surface area (Å²) in [4.78, 5) is 16.7. The minimum atomic E-state index is -3.58. The number of benzene rings is 2. The molecule has 0 saturated carbocycles. The van der Waals surface area contributed by atoms with Crippen molar-refractivity contribution in [2.75, 3.05) is 12.3 Å². The fourth-order valence-corrected chi connectivity index (χ4v) is 3.55. The summed E-state index contributed by atoms with van der Waals surface area (Å²) in [5, 5.41) is 6.01. The average molecular weight is 472 g/mol. The SMILES string of the molecule is Cc1ccc(-c2ccn3nc(N)nc3c2)c(F)c1C(=O)NCC(F)(F)C(N)c1ccc(F)cc1. The van der Waals surface area contributed by atoms with E-state index >= 15 is 4.39 Å². The quantitative estimate of drug-likeness (QED) is 0.371. The number of halogens is 4. The number of hydrogen-bond donors (Lipinski definition) is 3. The third-order valence-corrected chi connectivity index (χ3v) is 5.41. The molecule has 0 saturated heterocycles. The molecule has 0 radical (unpaired) electrons. The van der Waals surface area contributed by atoms with Crippen molar-refractivity contribution in [1.82, 2.24) is 19.9 Å². The van der Waals surface area contributed by atoms with Crippen molar-refractivity contribution in [3.05, 3.63) is 83.1 Å². The highest BCUT2D eigenvalue weighted by Gasteiger charge is 2.38. The molecular formula is C23H20F4N6O. The van der Waals surface area contributed by atoms with Crippen molar-refractivity contribution in [3.63, 3.8) is 0 Å². The number of anilines is 1. The number of nitrogens with two attached hydrogens (primary N) is 2. The van der Waals surface area contributed by atoms with Crippen LogP contribution < -0.4 is 16.8 Å². The highest BCUT2D eigenvalue weighted by Crippen LogP contribution is 2.30. The highest BCUT2D eigenvalue weighted by atomic mass is 19.3. The van der Waals surface area contributed by atoms with Gasteiger partial charge in [-0.05, 0) is 47.9 Å². The van der Waals surface area contributed by atoms with Gasteiger partial charge in [-0.3, -0.25) is 4.79 Å². The number of pyridine rings is 1. The van der Waals surface area contributed by atoms with Crippen LogP contribution >= 0.6 is 0 Å². The van der Waals surface area contributed by atoms with Crippen LogP contribution in [0.3, 0.4) is 0 Å². The number of alkyl halides is 2. The molecular weight excluding hydrogens is 452 g/mol. The van der Waals surface area contributed by atoms with Gasteiger partial charge in [0.25, 0.3) is 11.8 Å². The molecule has 2 heterocycles. The minimum absolute atomic E-state index is 0.00508. The summed E-state index contributed by atoms with van der Waals surface area (Å²) < 4.78 is 59.1. The van der Waals surface area contributed by atoms with Gasteiger partial charge in [0.1, 0.15) is 11.6 Å². The molecule has 0 bridgehead atoms. The molecule has 0 aliphatic heterocycles. The fraction of sp³-hybridized carbons (Fsp3) is 0.174. The molecule has 2 aromatic heterocycles. The highest BCUT2D eigenvalue weighted by molar-refractivity contribution is 5.97. The summed E-state index contributed by atoms with van der Waals surface area (Å²) in [5.41, 5.74) is 11.9. The number of aryl methyl sites for hydroxylation is 1. The summed E-state index contributed by atoms with van der Waals surface area (Å²) in [7, 11) is 0. The van der Waals surface area contributed by atoms with E-state index in [0.717, 1.165) is 24.3 Å². The largest absolute Gasteiger partial charge is 0.366 e. The lowest BCUT2D eigenvalue weighted by Gasteiger charge is -2.24. The maximum absolute atomic E-state index is 15.4. The van der Waals surface area contributed by atoms with Gasteiger partial charge < -0.3 is 16.8 Å². The van der Waals surface area contributed by atoms with Crippen LogP contribution in [0.15, 0.2) is 54.7 Å². The second-order valence-electron chi connectivity index (χ2n) is 7.78. The van der Waals surface area contributed by atoms with E-state index in [2.05, 4.69) is 15.4 Å². The number of carbonyl (C=O) groups is 1. The van der Waals surface area contributed by atoms with E-state index < -0.39 is 36.1 Å². The third-order valence-electron chi connectivity index (χ3n) is 5.41. The molecule has 11 heteroatoms. The smallest absolute Gasteiger partial charge is 0.283 e. The van der Waals surface area contributed by atoms with E-state index in [1.54, 1.807) is 6.07 Å². The Bertz CT molecular complexity index is 1370. The van der Waals surface area contributed by atoms with Gasteiger partial charge in [-0.1, -0.05) is 24.3 Å². The van der Waals surface area contributed by atoms with E-state index in [4.69, 9.17) is 11.5 Å². The monoisotopic (exact) mass is 472 g/mol. The molecule has 1 amide bonds. The standard InChI is InChI=1S/C23H20F4N6O/c1-12-2-7-16(14-8-9-33-17(10-14)31-22(29)32-33)19(25)18(12)21(34)30-11-23(26,27)20(28)13-3-5-15(24)6-4-13/h2-10,20H,11,28H2,1H3,(H2,29,32)(H,30,34). The van der Waals surface area contributed by atoms with E-state index in [1.807, 2.05) is 0 Å². The Morgan fingerprint density at radius 2 is 1.85 bits per heavy atom. The van der Waals surface area contributed by atoms with Crippen LogP contribution in [0.1, 0.15) is 27.5 Å². The van der Waals surface area contributed by atoms with Crippen molar-refractivity contribution in [2.24, 2.45) is 5.73 Å². The van der Waals surface area contributed by atoms with Crippen LogP contribution in [0.4, 0.5) is 23.5 Å². The van der Waals surface area contributed by atoms with Crippen LogP contribution in [-0.4, -0.2) is 33.0 Å². The molecule has 1 unspecified atom stereocenters. The Kier molecular flexibility index (Phi) is 5.96. The summed E-state index contributed by atoms with van der Waals surface area (Å²) in [6, 6.07) is 8.60. The van der Waals surface area contributed by atoms with Gasteiger partial charge in [-0.2, -0.15) is 4.98 Å². The van der Waals surface area contributed by atoms with Crippen LogP contribution in [0.2, 0.25) is 0 Å². The van der Waals surface area contributed by atoms with E-state index in [9.17, 15) is 18.0 Å². The Labute approximate surface area is 191 Å². The van der Waals surface area contributed by atoms with Gasteiger partial charge >= 0.3 is 0 Å². The zero-order valence-corrected chi connectivity index (χ0v) is 17.9. The third kappa shape index (κ3) is 4.42. The number of nitrogens with zero attached hydrogens (tertiary/aromatic N) is 3. The predicted octanol–water partition coefficient (Wildman–Crippen LogP) is 3.63. The van der Waals surface area contributed by atoms with E-state index in [1.165, 1.54) is 35.8 Å². The maximum atomic E-state index is 15.4. The fourth-order valence-electron chi connectivity index (χ4n) is 3.55. The van der Waals surface area contributed by atoms with Crippen LogP contribution in [-0.2, 0) is 0 Å². The Morgan fingerprint density at radius 3 is 2.56 bits per heavy atom. The molecule has 2 aromatic carbocycles. The Morgan fingerprint density at radius 1 is 1.15 bits per heavy atom. The van der Waals surface area contributed by atoms with Gasteiger partial charge in [0.2, 0.25) is 5.95 Å². The second-order valence-corrected chi connectivity index (χ2v) is 7.78. The zero-order chi connectivity index (χ0) is 24.6. The molecule has 4 aromatic rings. The number of rotatable bonds is 6. The van der Waals surface area contributed by atoms with Crippen LogP contribution in [0.5, 0.6) is 0 Å². The Balaban J connectivity index is 1.57. The van der Waals surface area contributed by atoms with Crippen molar-refractivity contribution >= 4 is 17.5 Å². The van der Waals surface area contributed by atoms with Gasteiger partial charge in [-0.25, -0.2) is 22.1 Å². The van der Waals surface area contributed by atoms with Gasteiger partial charge in [0.05, 0.1) is 18.2 Å². The summed E-state index contributed by atoms with van der Waals surface area (Å²) in [5.74, 6) is -6.02. The molecule has 7 nitrogen and oxygen atoms in total. The molecule has 1 atom stereocenters. The van der Waals surface area contributed by atoms with Crippen molar-refractivity contribution < 1.29 is 22.4 Å². The second kappa shape index (κ2) is 8.75. The molecule has 34 heavy (non-hydrogen) atoms. The first-order valence-electron chi connectivity index (χ1n) is 10.2. The molecule has 0 spiro atoms. The minimum Gasteiger partial charge on any atom is -0.366 e. The zero-order valence-electron chi connectivity index (χ0n) is 17.9. The number of hydrogen-bond acceptors (Lipinski definition) is 5. The summed E-state index contributed by atoms with van der Waals surface area (Å²) in [6.07, 6.45) is 1.53. The van der Waals surface area contributed by atoms with Crippen molar-refractivity contribution in [2.45, 2.75) is 18.9 Å². The normalized spacial score (nSPS) is 12.6. The number of nitrogens with one attached hydrogen (secondary N) is 1. The summed E-state index contributed by atoms with van der Waals surface area (Å²) in [6.45, 7) is 0.352. The number of carbonyl (C=O) groups excluding carboxylic acids is 1. The van der Waals surface area contributed by atoms with Gasteiger partial charge in [0.15, 0.2) is 5.65 Å². The maximum Gasteiger partial charge on any atom is 0.283 e. The first-order valence-corrected chi connectivity index (χ1v) is 10.2. The number of amides is 1. The van der Waals surface area contributed by atoms with E-state index in [-0.39, 0.29) is 28.2 Å². The summed E-state index contributed by atoms with van der Waals surface area (Å²) >= 11 is 0. The number of aromatic nitrogens is 3. The Hall–Kier alpha value is -3.99. The number of nitrogen functional groups attached to an aromatic ring is 1. The van der Waals surface area contributed by atoms with Crippen LogP contribution in [0.25, 0.3) is 16.8 Å². The lowest BCUT2D eigenvalue weighted by molar-refractivity contribution is -0.0234. The predicted molar refractivity (Wildman–Crippen MR) is 118 cm³/mol. The molecule has 0 aliphatic carbocycles. The molecule has 176 valence electrons. The first kappa shape index (κ1) is 23.2. The first-order chi connectivity index (χ1) is 16.1.